The van der Waals surface area contributed by atoms with Crippen molar-refractivity contribution < 1.29 is 64.1 Å². The average Bonchev–Trinajstić information content (AvgIpc) is 3.65. The van der Waals surface area contributed by atoms with E-state index in [9.17, 15) is 59.1 Å². The minimum absolute atomic E-state index is 0.0907. The molecule has 0 saturated carbocycles. The van der Waals surface area contributed by atoms with Gasteiger partial charge in [0.2, 0.25) is 5.43 Å². The van der Waals surface area contributed by atoms with E-state index in [1.807, 2.05) is 0 Å². The van der Waals surface area contributed by atoms with Gasteiger partial charge in [-0.15, -0.1) is 0 Å². The molecule has 2 N–H and O–H groups in total. The molecule has 0 bridgehead atoms. The molecule has 0 aliphatic carbocycles. The van der Waals surface area contributed by atoms with Crippen molar-refractivity contribution in [3.8, 4) is 5.75 Å². The van der Waals surface area contributed by atoms with Gasteiger partial charge in [-0.25, -0.2) is 8.78 Å². The number of benzene rings is 2. The maximum atomic E-state index is 14.1. The van der Waals surface area contributed by atoms with Crippen LogP contribution >= 0.6 is 0 Å². The lowest BCUT2D eigenvalue weighted by molar-refractivity contribution is -0.138. The zero-order valence-corrected chi connectivity index (χ0v) is 31.9. The second kappa shape index (κ2) is 18.5. The molecular formula is C42H28F8N6O7. The molecule has 0 radical (unpaired) electrons. The van der Waals surface area contributed by atoms with Crippen molar-refractivity contribution in [2.24, 2.45) is 0 Å². The van der Waals surface area contributed by atoms with Gasteiger partial charge in [-0.2, -0.15) is 26.3 Å². The Morgan fingerprint density at radius 3 is 1.56 bits per heavy atom. The fourth-order valence-electron chi connectivity index (χ4n) is 5.95. The van der Waals surface area contributed by atoms with Gasteiger partial charge in [0.25, 0.3) is 23.6 Å². The standard InChI is InChI=1S/C21H13F4N3O3.C14H9FN2O3.C7H6F3NO/c22-17-9-27-14(10-28-19(29)15-3-1-2-4-16(15)20(28)30)6-18(17)31-11-12-5-13(8-26-7-12)21(23,24)25;15-11-6-16-8(5-12(11)18)7-17-13(19)9-3-1-2-4-10(9)14(17)20;8-7(9,10)6-1-5(4-12)2-11-3-6/h1-9H,10-11H2;1-6H,7H2,(H,16,18);1-3,12H,4H2. The monoisotopic (exact) mass is 880 g/mol. The Bertz CT molecular complexity index is 2710. The van der Waals surface area contributed by atoms with Crippen LogP contribution in [0.15, 0.2) is 115 Å². The summed E-state index contributed by atoms with van der Waals surface area (Å²) < 4.78 is 107. The molecule has 21 heteroatoms. The van der Waals surface area contributed by atoms with Gasteiger partial charge in [0.1, 0.15) is 6.61 Å². The fourth-order valence-corrected chi connectivity index (χ4v) is 5.95. The molecule has 324 valence electrons. The van der Waals surface area contributed by atoms with Crippen LogP contribution in [0.3, 0.4) is 0 Å². The van der Waals surface area contributed by atoms with Gasteiger partial charge in [-0.05, 0) is 42.0 Å². The summed E-state index contributed by atoms with van der Waals surface area (Å²) in [6, 6.07) is 16.8. The number of nitrogens with zero attached hydrogens (tertiary/aromatic N) is 5. The summed E-state index contributed by atoms with van der Waals surface area (Å²) in [5.74, 6) is -3.86. The summed E-state index contributed by atoms with van der Waals surface area (Å²) in [5, 5.41) is 8.52. The van der Waals surface area contributed by atoms with E-state index in [0.717, 1.165) is 46.6 Å². The summed E-state index contributed by atoms with van der Waals surface area (Å²) in [6.45, 7) is -1.11. The average molecular weight is 881 g/mol. The van der Waals surface area contributed by atoms with Crippen molar-refractivity contribution in [3.05, 3.63) is 188 Å². The zero-order valence-electron chi connectivity index (χ0n) is 31.9. The van der Waals surface area contributed by atoms with Crippen LogP contribution in [0.2, 0.25) is 0 Å². The summed E-state index contributed by atoms with van der Waals surface area (Å²) in [5.41, 5.74) is -0.647. The molecule has 6 aromatic rings. The molecule has 0 spiro atoms. The molecule has 13 nitrogen and oxygen atoms in total. The highest BCUT2D eigenvalue weighted by atomic mass is 19.4. The van der Waals surface area contributed by atoms with Gasteiger partial charge < -0.3 is 14.8 Å². The minimum atomic E-state index is -4.57. The lowest BCUT2D eigenvalue weighted by Crippen LogP contribution is -2.30. The second-order valence-corrected chi connectivity index (χ2v) is 13.4. The molecule has 6 heterocycles. The number of pyridine rings is 4. The third kappa shape index (κ3) is 10.4. The number of imide groups is 2. The van der Waals surface area contributed by atoms with Gasteiger partial charge >= 0.3 is 12.4 Å². The van der Waals surface area contributed by atoms with E-state index in [4.69, 9.17) is 9.84 Å². The lowest BCUT2D eigenvalue weighted by Gasteiger charge is -2.14. The van der Waals surface area contributed by atoms with Crippen molar-refractivity contribution in [1.82, 2.24) is 29.7 Å². The Balaban J connectivity index is 0.000000176. The number of hydrogen-bond donors (Lipinski definition) is 2. The number of carbonyl (C=O) groups excluding carboxylic acids is 4. The number of hydrogen-bond acceptors (Lipinski definition) is 10. The normalized spacial score (nSPS) is 13.2. The first-order valence-electron chi connectivity index (χ1n) is 18.0. The number of aliphatic hydroxyl groups excluding tert-OH is 1. The number of alkyl halides is 6. The molecule has 63 heavy (non-hydrogen) atoms. The Labute approximate surface area is 349 Å². The number of aromatic amines is 1. The van der Waals surface area contributed by atoms with E-state index in [0.29, 0.717) is 23.0 Å². The predicted molar refractivity (Wildman–Crippen MR) is 201 cm³/mol. The van der Waals surface area contributed by atoms with Crippen LogP contribution in [-0.4, -0.2) is 58.5 Å². The van der Waals surface area contributed by atoms with E-state index in [2.05, 4.69) is 19.9 Å². The SMILES string of the molecule is O=C1c2ccccc2C(=O)N1Cc1cc(=O)c(F)c[nH]1.O=C1c2ccccc2C(=O)N1Cc1cc(OCc2cncc(C(F)(F)F)c2)c(F)cn1.OCc1cncc(C(F)(F)F)c1. The third-order valence-corrected chi connectivity index (χ3v) is 9.03. The maximum absolute atomic E-state index is 14.1. The smallest absolute Gasteiger partial charge is 0.417 e. The lowest BCUT2D eigenvalue weighted by atomic mass is 10.1. The van der Waals surface area contributed by atoms with Gasteiger partial charge in [0, 0.05) is 54.4 Å². The zero-order chi connectivity index (χ0) is 45.6. The highest BCUT2D eigenvalue weighted by molar-refractivity contribution is 6.22. The summed E-state index contributed by atoms with van der Waals surface area (Å²) in [7, 11) is 0. The molecule has 0 saturated heterocycles. The molecule has 4 aromatic heterocycles. The molecular weight excluding hydrogens is 852 g/mol. The first kappa shape index (κ1) is 44.9. The number of H-pyrrole nitrogens is 1. The largest absolute Gasteiger partial charge is 0.486 e. The van der Waals surface area contributed by atoms with Crippen molar-refractivity contribution in [2.75, 3.05) is 0 Å². The quantitative estimate of drug-likeness (QED) is 0.121. The Morgan fingerprint density at radius 2 is 1.08 bits per heavy atom. The number of rotatable bonds is 8. The van der Waals surface area contributed by atoms with Crippen LogP contribution in [0, 0.1) is 11.6 Å². The molecule has 8 rings (SSSR count). The summed E-state index contributed by atoms with van der Waals surface area (Å²) in [6.07, 6.45) is -3.43. The van der Waals surface area contributed by atoms with Gasteiger partial charge in [-0.3, -0.25) is 48.7 Å². The number of amides is 4. The third-order valence-electron chi connectivity index (χ3n) is 9.03. The highest BCUT2D eigenvalue weighted by Crippen LogP contribution is 2.31. The van der Waals surface area contributed by atoms with Crippen LogP contribution < -0.4 is 10.2 Å². The molecule has 2 aliphatic heterocycles. The maximum Gasteiger partial charge on any atom is 0.417 e. The molecule has 0 unspecified atom stereocenters. The van der Waals surface area contributed by atoms with Crippen LogP contribution in [0.5, 0.6) is 5.75 Å². The molecule has 4 amide bonds. The topological polar surface area (TPSA) is 176 Å². The van der Waals surface area contributed by atoms with Crippen molar-refractivity contribution >= 4 is 23.6 Å². The van der Waals surface area contributed by atoms with Crippen molar-refractivity contribution in [2.45, 2.75) is 38.7 Å². The first-order valence-corrected chi connectivity index (χ1v) is 18.0. The number of nitrogens with one attached hydrogen (secondary N) is 1. The number of halogens is 8. The van der Waals surface area contributed by atoms with E-state index < -0.39 is 70.8 Å². The molecule has 0 atom stereocenters. The highest BCUT2D eigenvalue weighted by Gasteiger charge is 2.37. The van der Waals surface area contributed by atoms with Gasteiger partial charge in [0.15, 0.2) is 17.4 Å². The predicted octanol–water partition coefficient (Wildman–Crippen LogP) is 6.91. The Hall–Kier alpha value is -7.68. The number of fused-ring (bicyclic) bond motifs is 2. The Kier molecular flexibility index (Phi) is 13.2. The van der Waals surface area contributed by atoms with Gasteiger partial charge in [0.05, 0.1) is 65.0 Å². The first-order chi connectivity index (χ1) is 29.8. The van der Waals surface area contributed by atoms with E-state index in [-0.39, 0.29) is 53.4 Å². The van der Waals surface area contributed by atoms with Crippen LogP contribution in [-0.2, 0) is 38.7 Å². The number of ether oxygens (including phenoxy) is 1. The molecule has 0 fully saturated rings. The molecule has 2 aliphatic rings. The second-order valence-electron chi connectivity index (χ2n) is 13.4. The van der Waals surface area contributed by atoms with Crippen LogP contribution in [0.25, 0.3) is 0 Å². The van der Waals surface area contributed by atoms with Gasteiger partial charge in [-0.1, -0.05) is 24.3 Å². The van der Waals surface area contributed by atoms with Crippen molar-refractivity contribution in [1.29, 1.82) is 0 Å². The summed E-state index contributed by atoms with van der Waals surface area (Å²) in [4.78, 5) is 75.6. The fraction of sp³-hybridized carbons (Fsp3) is 0.143. The van der Waals surface area contributed by atoms with Crippen LogP contribution in [0.4, 0.5) is 35.1 Å². The number of aliphatic hydroxyl groups is 1. The Morgan fingerprint density at radius 1 is 0.603 bits per heavy atom. The van der Waals surface area contributed by atoms with E-state index in [1.165, 1.54) is 30.6 Å². The van der Waals surface area contributed by atoms with E-state index in [1.54, 1.807) is 36.4 Å². The van der Waals surface area contributed by atoms with Crippen molar-refractivity contribution in [3.63, 3.8) is 0 Å². The minimum Gasteiger partial charge on any atom is -0.486 e. The van der Waals surface area contributed by atoms with Crippen LogP contribution in [0.1, 0.15) is 75.1 Å². The molecule has 2 aromatic carbocycles. The number of aromatic nitrogens is 4. The number of carbonyl (C=O) groups is 4. The summed E-state index contributed by atoms with van der Waals surface area (Å²) >= 11 is 0. The van der Waals surface area contributed by atoms with E-state index >= 15 is 0 Å².